The third kappa shape index (κ3) is 24.4. The van der Waals surface area contributed by atoms with Crippen LogP contribution in [0.2, 0.25) is 36.3 Å². The van der Waals surface area contributed by atoms with Gasteiger partial charge in [0.05, 0.1) is 0 Å². The molecule has 0 aliphatic rings. The molecule has 0 saturated heterocycles. The normalized spacial score (nSPS) is 15.8. The summed E-state index contributed by atoms with van der Waals surface area (Å²) in [5.74, 6) is -4.50. The SMILES string of the molecule is C[C@H](O)C(=O)OC(C)(C)C.C[C@H](OC(=O)[C@H](C)O[Si](C)(C)C(C)(C)C)C(=O)O.C[C@H](OC(=O)[C@H](C)O[Si](C)(C)C(C)(C)C)C(=O)O[C@@H](C)C(=O)OC(C)(C)C. The second kappa shape index (κ2) is 22.2. The van der Waals surface area contributed by atoms with E-state index in [0.29, 0.717) is 0 Å². The van der Waals surface area contributed by atoms with Crippen LogP contribution in [0.3, 0.4) is 0 Å². The van der Waals surface area contributed by atoms with Gasteiger partial charge in [0.25, 0.3) is 0 Å². The van der Waals surface area contributed by atoms with Crippen LogP contribution < -0.4 is 0 Å². The molecule has 324 valence electrons. The van der Waals surface area contributed by atoms with Crippen LogP contribution in [-0.2, 0) is 61.3 Å². The van der Waals surface area contributed by atoms with Crippen molar-refractivity contribution in [2.75, 3.05) is 0 Å². The average molecular weight is 827 g/mol. The molecule has 0 fully saturated rings. The number of aliphatic carboxylic acids is 1. The van der Waals surface area contributed by atoms with Gasteiger partial charge >= 0.3 is 35.8 Å². The van der Waals surface area contributed by atoms with Crippen LogP contribution in [0.25, 0.3) is 0 Å². The Hall–Kier alpha value is -2.87. The van der Waals surface area contributed by atoms with Crippen molar-refractivity contribution in [3.63, 3.8) is 0 Å². The molecule has 0 aromatic heterocycles. The summed E-state index contributed by atoms with van der Waals surface area (Å²) in [6.07, 6.45) is -5.98. The lowest BCUT2D eigenvalue weighted by molar-refractivity contribution is -0.182. The summed E-state index contributed by atoms with van der Waals surface area (Å²) in [5.41, 5.74) is -1.19. The molecule has 17 heteroatoms. The van der Waals surface area contributed by atoms with E-state index in [9.17, 15) is 28.8 Å². The number of hydrogen-bond donors (Lipinski definition) is 2. The Morgan fingerprint density at radius 2 is 0.691 bits per heavy atom. The maximum Gasteiger partial charge on any atom is 0.347 e. The van der Waals surface area contributed by atoms with Crippen molar-refractivity contribution in [2.24, 2.45) is 0 Å². The van der Waals surface area contributed by atoms with E-state index in [1.54, 1.807) is 55.4 Å². The average Bonchev–Trinajstić information content (AvgIpc) is 2.94. The second-order valence-electron chi connectivity index (χ2n) is 18.4. The van der Waals surface area contributed by atoms with Crippen molar-refractivity contribution in [3.05, 3.63) is 0 Å². The molecule has 0 bridgehead atoms. The lowest BCUT2D eigenvalue weighted by atomic mass is 10.2. The highest BCUT2D eigenvalue weighted by Gasteiger charge is 2.41. The lowest BCUT2D eigenvalue weighted by Gasteiger charge is -2.37. The molecule has 0 saturated carbocycles. The molecule has 0 amide bonds. The number of ether oxygens (including phenoxy) is 5. The molecule has 0 unspecified atom stereocenters. The van der Waals surface area contributed by atoms with E-state index in [1.807, 2.05) is 26.2 Å². The van der Waals surface area contributed by atoms with Crippen molar-refractivity contribution in [1.82, 2.24) is 0 Å². The van der Waals surface area contributed by atoms with E-state index in [0.717, 1.165) is 0 Å². The van der Waals surface area contributed by atoms with Crippen LogP contribution in [0, 0.1) is 0 Å². The number of aliphatic hydroxyl groups excluding tert-OH is 1. The smallest absolute Gasteiger partial charge is 0.347 e. The van der Waals surface area contributed by atoms with Gasteiger partial charge in [0.1, 0.15) is 29.5 Å². The highest BCUT2D eigenvalue weighted by molar-refractivity contribution is 6.74. The molecule has 55 heavy (non-hydrogen) atoms. The van der Waals surface area contributed by atoms with Crippen LogP contribution >= 0.6 is 0 Å². The van der Waals surface area contributed by atoms with Crippen LogP contribution in [0.1, 0.15) is 125 Å². The fourth-order valence-corrected chi connectivity index (χ4v) is 5.73. The standard InChI is InChI=1S/C19H36O7Si.C12H24O5Si.C7H14O3/c1-12(15(20)24-13(2)17(22)25-18(4,5)6)23-16(21)14(3)26-27(10,11)19(7,8)9;1-8(10(13)14)16-11(15)9(2)17-18(6,7)12(3,4)5;1-5(8)6(9)10-7(2,3)4/h12-14H,1-11H3;8-9H,1-7H3,(H,13,14);5,8H,1-4H3/t12-,13-,14-;8-,9-;5-/m000/s1. The van der Waals surface area contributed by atoms with Gasteiger partial charge in [-0.15, -0.1) is 0 Å². The Kier molecular flexibility index (Phi) is 22.8. The number of esters is 5. The van der Waals surface area contributed by atoms with Gasteiger partial charge in [0.2, 0.25) is 0 Å². The minimum absolute atomic E-state index is 0.0139. The minimum Gasteiger partial charge on any atom is -0.479 e. The number of carboxylic acid groups (broad SMARTS) is 1. The molecule has 2 N–H and O–H groups in total. The van der Waals surface area contributed by atoms with Crippen molar-refractivity contribution in [1.29, 1.82) is 0 Å². The Balaban J connectivity index is -0.000000826. The molecular weight excluding hydrogens is 753 g/mol. The van der Waals surface area contributed by atoms with E-state index < -0.39 is 100 Å². The summed E-state index contributed by atoms with van der Waals surface area (Å²) in [6, 6.07) is 0. The van der Waals surface area contributed by atoms with E-state index in [4.69, 9.17) is 42.7 Å². The molecule has 0 spiro atoms. The van der Waals surface area contributed by atoms with Crippen LogP contribution in [0.4, 0.5) is 0 Å². The highest BCUT2D eigenvalue weighted by Crippen LogP contribution is 2.38. The summed E-state index contributed by atoms with van der Waals surface area (Å²) in [6.45, 7) is 39.6. The first kappa shape index (κ1) is 56.5. The largest absolute Gasteiger partial charge is 0.479 e. The van der Waals surface area contributed by atoms with Crippen molar-refractivity contribution in [2.45, 2.75) is 209 Å². The monoisotopic (exact) mass is 826 g/mol. The maximum atomic E-state index is 12.2. The molecule has 15 nitrogen and oxygen atoms in total. The zero-order valence-corrected chi connectivity index (χ0v) is 39.7. The Morgan fingerprint density at radius 3 is 0.927 bits per heavy atom. The fourth-order valence-electron chi connectivity index (χ4n) is 3.06. The maximum absolute atomic E-state index is 12.2. The van der Waals surface area contributed by atoms with E-state index in [1.165, 1.54) is 27.7 Å². The molecule has 0 aromatic rings. The molecular formula is C38H74O15Si2. The number of carbonyl (C=O) groups is 6. The third-order valence-electron chi connectivity index (χ3n) is 8.26. The molecule has 0 aliphatic heterocycles. The minimum atomic E-state index is -2.15. The number of carboxylic acids is 1. The zero-order valence-electron chi connectivity index (χ0n) is 37.7. The second-order valence-corrected chi connectivity index (χ2v) is 27.9. The number of aliphatic hydroxyl groups is 1. The Morgan fingerprint density at radius 1 is 0.436 bits per heavy atom. The predicted octanol–water partition coefficient (Wildman–Crippen LogP) is 6.72. The van der Waals surface area contributed by atoms with Gasteiger partial charge in [-0.1, -0.05) is 41.5 Å². The lowest BCUT2D eigenvalue weighted by Crippen LogP contribution is -2.46. The number of carbonyl (C=O) groups excluding carboxylic acids is 5. The first-order chi connectivity index (χ1) is 24.1. The van der Waals surface area contributed by atoms with Gasteiger partial charge in [-0.3, -0.25) is 0 Å². The predicted molar refractivity (Wildman–Crippen MR) is 213 cm³/mol. The topological polar surface area (TPSA) is 207 Å². The van der Waals surface area contributed by atoms with Crippen LogP contribution in [0.15, 0.2) is 0 Å². The van der Waals surface area contributed by atoms with Crippen LogP contribution in [-0.4, -0.2) is 110 Å². The van der Waals surface area contributed by atoms with Crippen molar-refractivity contribution in [3.8, 4) is 0 Å². The van der Waals surface area contributed by atoms with Crippen LogP contribution in [0.5, 0.6) is 0 Å². The Labute approximate surface area is 332 Å². The van der Waals surface area contributed by atoms with Crippen molar-refractivity contribution >= 4 is 52.5 Å². The van der Waals surface area contributed by atoms with Gasteiger partial charge in [-0.2, -0.15) is 0 Å². The van der Waals surface area contributed by atoms with Gasteiger partial charge in [0.15, 0.2) is 34.9 Å². The quantitative estimate of drug-likeness (QED) is 0.112. The van der Waals surface area contributed by atoms with Crippen molar-refractivity contribution < 1.29 is 71.5 Å². The summed E-state index contributed by atoms with van der Waals surface area (Å²) >= 11 is 0. The molecule has 0 aromatic carbocycles. The summed E-state index contributed by atoms with van der Waals surface area (Å²) in [7, 11) is -4.21. The first-order valence-electron chi connectivity index (χ1n) is 18.4. The highest BCUT2D eigenvalue weighted by atomic mass is 28.4. The van der Waals surface area contributed by atoms with Gasteiger partial charge in [0, 0.05) is 0 Å². The van der Waals surface area contributed by atoms with Gasteiger partial charge in [-0.25, -0.2) is 28.8 Å². The van der Waals surface area contributed by atoms with E-state index in [2.05, 4.69) is 41.5 Å². The van der Waals surface area contributed by atoms with E-state index in [-0.39, 0.29) is 10.1 Å². The first-order valence-corrected chi connectivity index (χ1v) is 24.2. The fraction of sp³-hybridized carbons (Fsp3) is 0.842. The Bertz CT molecular complexity index is 1270. The summed E-state index contributed by atoms with van der Waals surface area (Å²) < 4.78 is 36.7. The summed E-state index contributed by atoms with van der Waals surface area (Å²) in [5, 5.41) is 17.3. The number of hydrogen-bond acceptors (Lipinski definition) is 14. The third-order valence-corrected chi connectivity index (χ3v) is 17.4. The molecule has 0 heterocycles. The molecule has 6 atom stereocenters. The zero-order chi connectivity index (χ0) is 44.9. The number of rotatable bonds is 13. The molecule has 0 rings (SSSR count). The summed E-state index contributed by atoms with van der Waals surface area (Å²) in [4.78, 5) is 69.2. The van der Waals surface area contributed by atoms with Gasteiger partial charge in [-0.05, 0) is 119 Å². The molecule has 0 radical (unpaired) electrons. The van der Waals surface area contributed by atoms with Gasteiger partial charge < -0.3 is 42.7 Å². The molecule has 0 aliphatic carbocycles. The van der Waals surface area contributed by atoms with E-state index >= 15 is 0 Å².